The average molecular weight is 455 g/mol. The number of hydrogen-bond acceptors (Lipinski definition) is 4. The molecule has 1 heterocycles. The van der Waals surface area contributed by atoms with Crippen LogP contribution in [0.4, 0.5) is 5.69 Å². The van der Waals surface area contributed by atoms with Crippen molar-refractivity contribution in [1.82, 2.24) is 0 Å². The summed E-state index contributed by atoms with van der Waals surface area (Å²) in [5.41, 5.74) is 6.43. The number of nitrogens with zero attached hydrogens (tertiary/aromatic N) is 1. The van der Waals surface area contributed by atoms with Gasteiger partial charge >= 0.3 is 0 Å². The van der Waals surface area contributed by atoms with Gasteiger partial charge in [0.05, 0.1) is 24.8 Å². The van der Waals surface area contributed by atoms with Gasteiger partial charge in [-0.3, -0.25) is 14.6 Å². The van der Waals surface area contributed by atoms with Crippen LogP contribution in [-0.2, 0) is 6.42 Å². The molecule has 0 saturated carbocycles. The highest BCUT2D eigenvalue weighted by Gasteiger charge is 2.28. The molecule has 174 valence electrons. The van der Waals surface area contributed by atoms with Gasteiger partial charge in [-0.2, -0.15) is 0 Å². The molecule has 0 bridgehead atoms. The van der Waals surface area contributed by atoms with Crippen LogP contribution in [0.2, 0.25) is 0 Å². The Hall–Kier alpha value is -3.73. The van der Waals surface area contributed by atoms with E-state index in [0.717, 1.165) is 34.6 Å². The van der Waals surface area contributed by atoms with Crippen LogP contribution in [0.5, 0.6) is 5.75 Å². The van der Waals surface area contributed by atoms with E-state index in [1.165, 1.54) is 5.56 Å². The van der Waals surface area contributed by atoms with Gasteiger partial charge in [0, 0.05) is 22.4 Å². The topological polar surface area (TPSA) is 67.8 Å². The highest BCUT2D eigenvalue weighted by Crippen LogP contribution is 2.31. The van der Waals surface area contributed by atoms with E-state index in [9.17, 15) is 9.59 Å². The van der Waals surface area contributed by atoms with Crippen molar-refractivity contribution < 1.29 is 14.3 Å². The number of anilines is 1. The predicted molar refractivity (Wildman–Crippen MR) is 137 cm³/mol. The van der Waals surface area contributed by atoms with Gasteiger partial charge in [-0.15, -0.1) is 0 Å². The van der Waals surface area contributed by atoms with Crippen LogP contribution in [0.15, 0.2) is 65.7 Å². The summed E-state index contributed by atoms with van der Waals surface area (Å²) < 4.78 is 5.39. The molecule has 4 rings (SSSR count). The molecule has 0 unspecified atom stereocenters. The first-order chi connectivity index (χ1) is 16.2. The summed E-state index contributed by atoms with van der Waals surface area (Å²) in [4.78, 5) is 30.8. The monoisotopic (exact) mass is 454 g/mol. The zero-order valence-corrected chi connectivity index (χ0v) is 20.4. The molecule has 0 aliphatic carbocycles. The highest BCUT2D eigenvalue weighted by atomic mass is 16.5. The molecule has 1 amide bonds. The largest absolute Gasteiger partial charge is 0.497 e. The Morgan fingerprint density at radius 1 is 1.00 bits per heavy atom. The van der Waals surface area contributed by atoms with E-state index in [1.807, 2.05) is 44.2 Å². The first kappa shape index (κ1) is 23.4. The zero-order chi connectivity index (χ0) is 24.5. The van der Waals surface area contributed by atoms with Crippen LogP contribution in [0, 0.1) is 13.8 Å². The number of ketones is 1. The molecule has 0 atom stereocenters. The Balaban J connectivity index is 1.51. The second-order valence-corrected chi connectivity index (χ2v) is 9.47. The zero-order valence-electron chi connectivity index (χ0n) is 20.4. The van der Waals surface area contributed by atoms with Crippen molar-refractivity contribution in [1.29, 1.82) is 0 Å². The van der Waals surface area contributed by atoms with Crippen molar-refractivity contribution >= 4 is 23.1 Å². The first-order valence-electron chi connectivity index (χ1n) is 11.4. The van der Waals surface area contributed by atoms with E-state index in [2.05, 4.69) is 25.2 Å². The second kappa shape index (κ2) is 9.26. The fourth-order valence-electron chi connectivity index (χ4n) is 4.53. The van der Waals surface area contributed by atoms with Crippen LogP contribution in [-0.4, -0.2) is 30.1 Å². The summed E-state index contributed by atoms with van der Waals surface area (Å²) in [6, 6.07) is 18.8. The summed E-state index contributed by atoms with van der Waals surface area (Å²) in [5, 5.41) is 2.94. The first-order valence-corrected chi connectivity index (χ1v) is 11.4. The normalized spacial score (nSPS) is 14.1. The Bertz CT molecular complexity index is 1270. The summed E-state index contributed by atoms with van der Waals surface area (Å²) in [6.07, 6.45) is 1.02. The fourth-order valence-corrected chi connectivity index (χ4v) is 4.53. The number of carbonyl (C=O) groups excluding carboxylic acids is 2. The summed E-state index contributed by atoms with van der Waals surface area (Å²) >= 11 is 0. The van der Waals surface area contributed by atoms with Crippen LogP contribution < -0.4 is 10.1 Å². The smallest absolute Gasteiger partial charge is 0.256 e. The number of nitrogens with one attached hydrogen (secondary N) is 1. The number of fused-ring (bicyclic) bond motifs is 1. The second-order valence-electron chi connectivity index (χ2n) is 9.47. The van der Waals surface area contributed by atoms with Crippen LogP contribution >= 0.6 is 0 Å². The van der Waals surface area contributed by atoms with Gasteiger partial charge in [-0.25, -0.2) is 0 Å². The van der Waals surface area contributed by atoms with E-state index < -0.39 is 0 Å². The molecular formula is C29H30N2O3. The number of rotatable bonds is 6. The van der Waals surface area contributed by atoms with Gasteiger partial charge in [0.15, 0.2) is 5.78 Å². The van der Waals surface area contributed by atoms with Gasteiger partial charge in [0.2, 0.25) is 0 Å². The highest BCUT2D eigenvalue weighted by molar-refractivity contribution is 6.17. The molecule has 3 aromatic carbocycles. The van der Waals surface area contributed by atoms with Crippen molar-refractivity contribution in [3.05, 3.63) is 94.0 Å². The molecule has 0 spiro atoms. The maximum atomic E-state index is 13.1. The Kier molecular flexibility index (Phi) is 6.38. The Morgan fingerprint density at radius 3 is 2.32 bits per heavy atom. The third-order valence-corrected chi connectivity index (χ3v) is 6.19. The van der Waals surface area contributed by atoms with Crippen molar-refractivity contribution in [2.75, 3.05) is 12.4 Å². The minimum absolute atomic E-state index is 0.0159. The summed E-state index contributed by atoms with van der Waals surface area (Å²) in [6.45, 7) is 8.01. The standard InChI is InChI=1S/C29H30N2O3/c1-18-7-6-8-19(2)27(18)28(33)30-22-12-9-20(10-13-22)26(32)16-25-24-15-23(34-5)14-11-21(24)17-29(3,4)31-25/h6-15H,16-17H2,1-5H3,(H,30,33). The van der Waals surface area contributed by atoms with E-state index in [1.54, 1.807) is 31.4 Å². The predicted octanol–water partition coefficient (Wildman–Crippen LogP) is 5.96. The molecule has 5 heteroatoms. The number of methoxy groups -OCH3 is 1. The van der Waals surface area contributed by atoms with Crippen LogP contribution in [0.25, 0.3) is 0 Å². The lowest BCUT2D eigenvalue weighted by Gasteiger charge is -2.29. The number of Topliss-reactive ketones (excluding diaryl/α,β-unsaturated/α-hetero) is 1. The quantitative estimate of drug-likeness (QED) is 0.467. The fraction of sp³-hybridized carbons (Fsp3) is 0.276. The molecular weight excluding hydrogens is 424 g/mol. The Morgan fingerprint density at radius 2 is 1.68 bits per heavy atom. The molecule has 1 N–H and O–H groups in total. The molecule has 0 saturated heterocycles. The van der Waals surface area contributed by atoms with Crippen molar-refractivity contribution in [3.8, 4) is 5.75 Å². The number of aliphatic imine (C=N–C) groups is 1. The van der Waals surface area contributed by atoms with Crippen molar-refractivity contribution in [2.45, 2.75) is 46.1 Å². The molecule has 1 aliphatic rings. The Labute approximate surface area is 200 Å². The van der Waals surface area contributed by atoms with E-state index >= 15 is 0 Å². The lowest BCUT2D eigenvalue weighted by Crippen LogP contribution is -2.30. The SMILES string of the molecule is COc1ccc2c(c1)C(CC(=O)c1ccc(NC(=O)c3c(C)cccc3C)cc1)=NC(C)(C)C2. The van der Waals surface area contributed by atoms with E-state index in [-0.39, 0.29) is 23.7 Å². The van der Waals surface area contributed by atoms with Gasteiger partial charge < -0.3 is 10.1 Å². The van der Waals surface area contributed by atoms with Crippen LogP contribution in [0.1, 0.15) is 63.2 Å². The number of hydrogen-bond donors (Lipinski definition) is 1. The van der Waals surface area contributed by atoms with Crippen molar-refractivity contribution in [3.63, 3.8) is 0 Å². The number of carbonyl (C=O) groups is 2. The number of aryl methyl sites for hydroxylation is 2. The van der Waals surface area contributed by atoms with Crippen LogP contribution in [0.3, 0.4) is 0 Å². The molecule has 0 fully saturated rings. The third kappa shape index (κ3) is 4.93. The summed E-state index contributed by atoms with van der Waals surface area (Å²) in [7, 11) is 1.64. The minimum Gasteiger partial charge on any atom is -0.497 e. The van der Waals surface area contributed by atoms with Gasteiger partial charge in [-0.05, 0) is 87.2 Å². The number of amides is 1. The maximum absolute atomic E-state index is 13.1. The molecule has 5 nitrogen and oxygen atoms in total. The van der Waals surface area contributed by atoms with Gasteiger partial charge in [0.1, 0.15) is 5.75 Å². The number of benzene rings is 3. The lowest BCUT2D eigenvalue weighted by atomic mass is 9.85. The lowest BCUT2D eigenvalue weighted by molar-refractivity contribution is 0.0998. The molecule has 0 radical (unpaired) electrons. The third-order valence-electron chi connectivity index (χ3n) is 6.19. The van der Waals surface area contributed by atoms with Gasteiger partial charge in [0.25, 0.3) is 5.91 Å². The van der Waals surface area contributed by atoms with E-state index in [0.29, 0.717) is 16.8 Å². The van der Waals surface area contributed by atoms with E-state index in [4.69, 9.17) is 9.73 Å². The average Bonchev–Trinajstić information content (AvgIpc) is 2.78. The minimum atomic E-state index is -0.265. The van der Waals surface area contributed by atoms with Crippen molar-refractivity contribution in [2.24, 2.45) is 4.99 Å². The number of ether oxygens (including phenoxy) is 1. The molecule has 0 aromatic heterocycles. The summed E-state index contributed by atoms with van der Waals surface area (Å²) in [5.74, 6) is 0.583. The molecule has 3 aromatic rings. The molecule has 1 aliphatic heterocycles. The maximum Gasteiger partial charge on any atom is 0.256 e. The molecule has 34 heavy (non-hydrogen) atoms. The van der Waals surface area contributed by atoms with Gasteiger partial charge in [-0.1, -0.05) is 24.3 Å².